The standard InChI is InChI=1S/C19H24N2O3/c1-13(16-9-15(3)17(11-22)21-10-16)6-7-19(23)24-12-18-14(2)5-4-8-20-18/h4-5,8-10,13,22H,6-7,11-12H2,1-3H3/t13-/m1/s1. The highest BCUT2D eigenvalue weighted by Gasteiger charge is 2.12. The number of rotatable bonds is 7. The highest BCUT2D eigenvalue weighted by molar-refractivity contribution is 5.69. The van der Waals surface area contributed by atoms with Gasteiger partial charge in [-0.25, -0.2) is 0 Å². The number of hydrogen-bond donors (Lipinski definition) is 1. The van der Waals surface area contributed by atoms with Crippen LogP contribution in [0, 0.1) is 13.8 Å². The first-order valence-corrected chi connectivity index (χ1v) is 8.13. The molecule has 0 aliphatic carbocycles. The molecule has 0 amide bonds. The number of ether oxygens (including phenoxy) is 1. The fourth-order valence-electron chi connectivity index (χ4n) is 2.45. The molecule has 0 aromatic carbocycles. The third-order valence-corrected chi connectivity index (χ3v) is 4.20. The molecule has 0 unspecified atom stereocenters. The zero-order chi connectivity index (χ0) is 17.5. The Morgan fingerprint density at radius 2 is 2.04 bits per heavy atom. The molecule has 2 aromatic rings. The van der Waals surface area contributed by atoms with Crippen molar-refractivity contribution in [3.8, 4) is 0 Å². The smallest absolute Gasteiger partial charge is 0.306 e. The zero-order valence-electron chi connectivity index (χ0n) is 14.5. The third-order valence-electron chi connectivity index (χ3n) is 4.20. The molecule has 128 valence electrons. The van der Waals surface area contributed by atoms with Crippen molar-refractivity contribution in [1.29, 1.82) is 0 Å². The number of hydrogen-bond acceptors (Lipinski definition) is 5. The predicted molar refractivity (Wildman–Crippen MR) is 91.3 cm³/mol. The summed E-state index contributed by atoms with van der Waals surface area (Å²) in [5.74, 6) is -0.0170. The van der Waals surface area contributed by atoms with Crippen LogP contribution >= 0.6 is 0 Å². The van der Waals surface area contributed by atoms with E-state index in [1.165, 1.54) is 0 Å². The summed E-state index contributed by atoms with van der Waals surface area (Å²) in [6.07, 6.45) is 4.52. The number of esters is 1. The van der Waals surface area contributed by atoms with Crippen molar-refractivity contribution in [3.63, 3.8) is 0 Å². The van der Waals surface area contributed by atoms with Crippen LogP contribution in [0.15, 0.2) is 30.6 Å². The van der Waals surface area contributed by atoms with Crippen LogP contribution in [0.1, 0.15) is 53.8 Å². The van der Waals surface area contributed by atoms with E-state index in [2.05, 4.69) is 16.9 Å². The van der Waals surface area contributed by atoms with E-state index in [0.29, 0.717) is 18.5 Å². The molecule has 0 saturated heterocycles. The average Bonchev–Trinajstić information content (AvgIpc) is 2.58. The lowest BCUT2D eigenvalue weighted by atomic mass is 9.96. The summed E-state index contributed by atoms with van der Waals surface area (Å²) in [5.41, 5.74) is 4.53. The maximum atomic E-state index is 11.9. The number of carbonyl (C=O) groups excluding carboxylic acids is 1. The van der Waals surface area contributed by atoms with Crippen molar-refractivity contribution < 1.29 is 14.6 Å². The van der Waals surface area contributed by atoms with Gasteiger partial charge in [0.25, 0.3) is 0 Å². The molecule has 0 bridgehead atoms. The van der Waals surface area contributed by atoms with Gasteiger partial charge >= 0.3 is 5.97 Å². The Morgan fingerprint density at radius 3 is 2.71 bits per heavy atom. The second-order valence-electron chi connectivity index (χ2n) is 6.06. The van der Waals surface area contributed by atoms with E-state index in [4.69, 9.17) is 9.84 Å². The predicted octanol–water partition coefficient (Wildman–Crippen LogP) is 3.21. The normalized spacial score (nSPS) is 12.0. The van der Waals surface area contributed by atoms with E-state index in [1.54, 1.807) is 12.4 Å². The van der Waals surface area contributed by atoms with Gasteiger partial charge in [-0.1, -0.05) is 19.1 Å². The summed E-state index contributed by atoms with van der Waals surface area (Å²) in [6.45, 7) is 6.10. The average molecular weight is 328 g/mol. The number of aryl methyl sites for hydroxylation is 2. The first-order chi connectivity index (χ1) is 11.5. The summed E-state index contributed by atoms with van der Waals surface area (Å²) in [5, 5.41) is 9.17. The molecule has 1 atom stereocenters. The van der Waals surface area contributed by atoms with Crippen LogP contribution in [0.2, 0.25) is 0 Å². The molecule has 0 radical (unpaired) electrons. The van der Waals surface area contributed by atoms with E-state index in [1.807, 2.05) is 32.0 Å². The van der Waals surface area contributed by atoms with Gasteiger partial charge in [0.15, 0.2) is 0 Å². The van der Waals surface area contributed by atoms with Crippen molar-refractivity contribution in [1.82, 2.24) is 9.97 Å². The lowest BCUT2D eigenvalue weighted by Gasteiger charge is -2.13. The lowest BCUT2D eigenvalue weighted by molar-refractivity contribution is -0.145. The molecular weight excluding hydrogens is 304 g/mol. The Kier molecular flexibility index (Phi) is 6.44. The van der Waals surface area contributed by atoms with Gasteiger partial charge in [-0.15, -0.1) is 0 Å². The van der Waals surface area contributed by atoms with Crippen LogP contribution in [0.4, 0.5) is 0 Å². The molecule has 5 nitrogen and oxygen atoms in total. The number of carbonyl (C=O) groups is 1. The zero-order valence-corrected chi connectivity index (χ0v) is 14.5. The van der Waals surface area contributed by atoms with Crippen molar-refractivity contribution in [2.75, 3.05) is 0 Å². The summed E-state index contributed by atoms with van der Waals surface area (Å²) >= 11 is 0. The Balaban J connectivity index is 1.83. The minimum Gasteiger partial charge on any atom is -0.459 e. The molecule has 0 aliphatic heterocycles. The van der Waals surface area contributed by atoms with Crippen LogP contribution in [-0.4, -0.2) is 21.0 Å². The lowest BCUT2D eigenvalue weighted by Crippen LogP contribution is -2.08. The Bertz CT molecular complexity index is 701. The highest BCUT2D eigenvalue weighted by atomic mass is 16.5. The summed E-state index contributed by atoms with van der Waals surface area (Å²) in [6, 6.07) is 5.83. The fourth-order valence-corrected chi connectivity index (χ4v) is 2.45. The molecule has 5 heteroatoms. The first kappa shape index (κ1) is 18.1. The number of nitrogens with zero attached hydrogens (tertiary/aromatic N) is 2. The molecule has 24 heavy (non-hydrogen) atoms. The molecule has 2 heterocycles. The molecule has 0 aliphatic rings. The van der Waals surface area contributed by atoms with Crippen LogP contribution < -0.4 is 0 Å². The third kappa shape index (κ3) is 4.86. The van der Waals surface area contributed by atoms with Crippen LogP contribution in [0.25, 0.3) is 0 Å². The van der Waals surface area contributed by atoms with Gasteiger partial charge in [-0.3, -0.25) is 14.8 Å². The highest BCUT2D eigenvalue weighted by Crippen LogP contribution is 2.22. The Morgan fingerprint density at radius 1 is 1.25 bits per heavy atom. The van der Waals surface area contributed by atoms with E-state index >= 15 is 0 Å². The maximum absolute atomic E-state index is 11.9. The van der Waals surface area contributed by atoms with Crippen LogP contribution in [0.5, 0.6) is 0 Å². The molecule has 0 fully saturated rings. The number of aliphatic hydroxyl groups excluding tert-OH is 1. The molecule has 0 saturated carbocycles. The van der Waals surface area contributed by atoms with Crippen molar-refractivity contribution in [2.24, 2.45) is 0 Å². The second kappa shape index (κ2) is 8.55. The van der Waals surface area contributed by atoms with Gasteiger partial charge in [-0.2, -0.15) is 0 Å². The largest absolute Gasteiger partial charge is 0.459 e. The summed E-state index contributed by atoms with van der Waals surface area (Å²) < 4.78 is 5.31. The van der Waals surface area contributed by atoms with Crippen molar-refractivity contribution in [2.45, 2.75) is 52.7 Å². The number of aliphatic hydroxyl groups is 1. The number of aromatic nitrogens is 2. The van der Waals surface area contributed by atoms with Gasteiger partial charge < -0.3 is 9.84 Å². The molecule has 2 rings (SSSR count). The SMILES string of the molecule is Cc1cc([C@H](C)CCC(=O)OCc2ncccc2C)cnc1CO. The van der Waals surface area contributed by atoms with E-state index < -0.39 is 0 Å². The van der Waals surface area contributed by atoms with Gasteiger partial charge in [-0.05, 0) is 48.9 Å². The van der Waals surface area contributed by atoms with E-state index in [0.717, 1.165) is 22.4 Å². The minimum absolute atomic E-state index is 0.0558. The monoisotopic (exact) mass is 328 g/mol. The molecule has 2 aromatic heterocycles. The van der Waals surface area contributed by atoms with Gasteiger partial charge in [0.1, 0.15) is 6.61 Å². The van der Waals surface area contributed by atoms with Gasteiger partial charge in [0.2, 0.25) is 0 Å². The summed E-state index contributed by atoms with van der Waals surface area (Å²) in [4.78, 5) is 20.4. The first-order valence-electron chi connectivity index (χ1n) is 8.13. The Labute approximate surface area is 142 Å². The van der Waals surface area contributed by atoms with Crippen LogP contribution in [-0.2, 0) is 22.7 Å². The van der Waals surface area contributed by atoms with Crippen molar-refractivity contribution in [3.05, 3.63) is 58.7 Å². The van der Waals surface area contributed by atoms with Crippen molar-refractivity contribution >= 4 is 5.97 Å². The fraction of sp³-hybridized carbons (Fsp3) is 0.421. The topological polar surface area (TPSA) is 72.3 Å². The second-order valence-corrected chi connectivity index (χ2v) is 6.06. The molecule has 1 N–H and O–H groups in total. The maximum Gasteiger partial charge on any atom is 0.306 e. The van der Waals surface area contributed by atoms with E-state index in [-0.39, 0.29) is 25.1 Å². The molecule has 0 spiro atoms. The quantitative estimate of drug-likeness (QED) is 0.790. The van der Waals surface area contributed by atoms with E-state index in [9.17, 15) is 4.79 Å². The minimum atomic E-state index is -0.219. The van der Waals surface area contributed by atoms with Gasteiger partial charge in [0.05, 0.1) is 18.0 Å². The summed E-state index contributed by atoms with van der Waals surface area (Å²) in [7, 11) is 0. The van der Waals surface area contributed by atoms with Crippen LogP contribution in [0.3, 0.4) is 0 Å². The number of pyridine rings is 2. The molecular formula is C19H24N2O3. The van der Waals surface area contributed by atoms with Gasteiger partial charge in [0, 0.05) is 18.8 Å². The Hall–Kier alpha value is -2.27.